The van der Waals surface area contributed by atoms with E-state index in [4.69, 9.17) is 83.8 Å². The SMILES string of the molecule is CCCCCCC(=O)OCCCCCC(=O)OCCCCCC(=O)OCCCCCC(=O)OCCCC.CCO[Si](C)(C)O[Si](C)(OCC)O[Si](C)(OCC)O[Si](C)(OCC)O[Si](C)(OCC)O[Si](C)(OCC)OCC.CCO[Si](CCCNC(C)=O)(OCC)OCC. The monoisotopic (exact) mass is 1460 g/mol. The number of ether oxygens (including phenoxy) is 4. The number of carbonyl (C=O) groups is 5. The summed E-state index contributed by atoms with van der Waals surface area (Å²) in [6.45, 7) is 44.6. The fraction of sp³-hybridized carbons (Fsp3) is 0.918. The van der Waals surface area contributed by atoms with Gasteiger partial charge in [0.1, 0.15) is 0 Å². The zero-order valence-corrected chi connectivity index (χ0v) is 68.8. The van der Waals surface area contributed by atoms with Crippen molar-refractivity contribution in [3.05, 3.63) is 0 Å². The molecule has 32 heteroatoms. The lowest BCUT2D eigenvalue weighted by Crippen LogP contribution is -2.66. The zero-order chi connectivity index (χ0) is 71.0. The lowest BCUT2D eigenvalue weighted by Gasteiger charge is -2.43. The standard InChI is InChI=1S/C29H52O8.C21H56O12Si6.C11H25NO4Si/c1-3-5-7-11-18-27(31)35-23-16-9-13-20-29(33)37-25-17-10-14-21-28(32)36-24-15-8-12-19-26(30)34-22-6-4-2;1-15-22-34(8,9)29-36(11,25-18-4)31-38(13,27-20-6)33-39(14,28-21-7)32-37(12,26-19-5)30-35(10,23-16-2)24-17-3;1-5-14-17(15-6-2,16-7-3)10-8-9-12-11(4)13/h3-25H2,1-2H3;15-21H2,1-14H3;5-10H2,1-4H3,(H,12,13). The third kappa shape index (κ3) is 53.9. The second kappa shape index (κ2) is 58.1. The van der Waals surface area contributed by atoms with E-state index in [0.29, 0.717) is 131 Å². The predicted octanol–water partition coefficient (Wildman–Crippen LogP) is 13.0. The summed E-state index contributed by atoms with van der Waals surface area (Å²) in [7, 11) is -21.8. The highest BCUT2D eigenvalue weighted by atomic mass is 28.5. The Bertz CT molecular complexity index is 1860. The maximum Gasteiger partial charge on any atom is 0.500 e. The Morgan fingerprint density at radius 1 is 0.290 bits per heavy atom. The van der Waals surface area contributed by atoms with Gasteiger partial charge in [0.2, 0.25) is 5.91 Å². The van der Waals surface area contributed by atoms with Crippen molar-refractivity contribution in [3.63, 3.8) is 0 Å². The van der Waals surface area contributed by atoms with Crippen molar-refractivity contribution < 1.29 is 108 Å². The van der Waals surface area contributed by atoms with Crippen LogP contribution in [0.4, 0.5) is 0 Å². The molecule has 0 fully saturated rings. The average molecular weight is 1460 g/mol. The number of carbonyl (C=O) groups excluding carboxylic acids is 5. The van der Waals surface area contributed by atoms with Gasteiger partial charge in [-0.05, 0) is 159 Å². The summed E-state index contributed by atoms with van der Waals surface area (Å²) in [5, 5.41) is 2.76. The molecule has 0 spiro atoms. The lowest BCUT2D eigenvalue weighted by atomic mass is 10.1. The van der Waals surface area contributed by atoms with Crippen LogP contribution in [0.1, 0.15) is 218 Å². The lowest BCUT2D eigenvalue weighted by molar-refractivity contribution is -0.145. The Kier molecular flexibility index (Phi) is 59.6. The van der Waals surface area contributed by atoms with Gasteiger partial charge in [0.05, 0.1) is 26.4 Å². The highest BCUT2D eigenvalue weighted by Crippen LogP contribution is 2.31. The summed E-state index contributed by atoms with van der Waals surface area (Å²) >= 11 is 0. The average Bonchev–Trinajstić information content (AvgIpc) is 0.794. The van der Waals surface area contributed by atoms with Crippen LogP contribution in [0.5, 0.6) is 0 Å². The van der Waals surface area contributed by atoms with Crippen LogP contribution in [0, 0.1) is 0 Å². The minimum Gasteiger partial charge on any atom is -0.466 e. The Morgan fingerprint density at radius 3 is 0.849 bits per heavy atom. The molecule has 1 amide bonds. The molecule has 0 radical (unpaired) electrons. The molecule has 0 aromatic rings. The van der Waals surface area contributed by atoms with Crippen molar-refractivity contribution in [3.8, 4) is 0 Å². The van der Waals surface area contributed by atoms with E-state index in [2.05, 4.69) is 19.2 Å². The summed E-state index contributed by atoms with van der Waals surface area (Å²) in [6, 6.07) is 0.739. The van der Waals surface area contributed by atoms with Gasteiger partial charge in [-0.25, -0.2) is 0 Å². The molecule has 0 saturated heterocycles. The van der Waals surface area contributed by atoms with Crippen molar-refractivity contribution in [2.24, 2.45) is 0 Å². The second-order valence-corrected chi connectivity index (χ2v) is 42.6. The minimum absolute atomic E-state index is 0.0125. The first-order chi connectivity index (χ1) is 44.0. The molecule has 25 nitrogen and oxygen atoms in total. The predicted molar refractivity (Wildman–Crippen MR) is 374 cm³/mol. The fourth-order valence-corrected chi connectivity index (χ4v) is 34.9. The third-order valence-electron chi connectivity index (χ3n) is 12.8. The van der Waals surface area contributed by atoms with Crippen LogP contribution in [0.25, 0.3) is 0 Å². The first-order valence-electron chi connectivity index (χ1n) is 34.8. The van der Waals surface area contributed by atoms with E-state index < -0.39 is 61.4 Å². The molecule has 93 heavy (non-hydrogen) atoms. The van der Waals surface area contributed by atoms with Gasteiger partial charge in [-0.15, -0.1) is 0 Å². The van der Waals surface area contributed by atoms with Crippen LogP contribution in [0.2, 0.25) is 51.9 Å². The molecule has 1 N–H and O–H groups in total. The highest BCUT2D eigenvalue weighted by molar-refractivity contribution is 6.86. The summed E-state index contributed by atoms with van der Waals surface area (Å²) in [5.74, 6) is -0.711. The molecule has 0 aliphatic heterocycles. The van der Waals surface area contributed by atoms with Crippen molar-refractivity contribution in [2.75, 3.05) is 99.0 Å². The number of amides is 1. The Hall–Kier alpha value is -1.73. The first kappa shape index (κ1) is 95.5. The fourth-order valence-electron chi connectivity index (χ4n) is 9.25. The number of nitrogens with one attached hydrogen (secondary N) is 1. The molecule has 0 aliphatic carbocycles. The maximum absolute atomic E-state index is 11.8. The number of hydrogen-bond donors (Lipinski definition) is 1. The molecule has 554 valence electrons. The first-order valence-corrected chi connectivity index (χ1v) is 50.7. The normalized spacial score (nSPS) is 14.4. The molecule has 0 heterocycles. The topological polar surface area (TPSA) is 273 Å². The Balaban J connectivity index is -0.00000140. The number of esters is 4. The quantitative estimate of drug-likeness (QED) is 0.0256. The highest BCUT2D eigenvalue weighted by Gasteiger charge is 2.59. The molecular formula is C61H133NO24Si7. The molecule has 4 unspecified atom stereocenters. The van der Waals surface area contributed by atoms with E-state index in [1.54, 1.807) is 19.6 Å². The number of rotatable bonds is 60. The number of unbranched alkanes of at least 4 members (excludes halogenated alkanes) is 10. The van der Waals surface area contributed by atoms with Crippen LogP contribution in [0.3, 0.4) is 0 Å². The second-order valence-electron chi connectivity index (χ2n) is 22.3. The van der Waals surface area contributed by atoms with Crippen molar-refractivity contribution in [2.45, 2.75) is 270 Å². The van der Waals surface area contributed by atoms with Gasteiger partial charge in [0.25, 0.3) is 0 Å². The third-order valence-corrected chi connectivity index (χ3v) is 37.2. The van der Waals surface area contributed by atoms with Crippen molar-refractivity contribution in [1.82, 2.24) is 5.32 Å². The van der Waals surface area contributed by atoms with Gasteiger partial charge in [-0.1, -0.05) is 39.5 Å². The molecule has 0 rings (SSSR count). The Morgan fingerprint density at radius 2 is 0.559 bits per heavy atom. The number of hydrogen-bond acceptors (Lipinski definition) is 24. The van der Waals surface area contributed by atoms with E-state index >= 15 is 0 Å². The maximum atomic E-state index is 11.8. The molecule has 4 atom stereocenters. The molecule has 0 aliphatic rings. The van der Waals surface area contributed by atoms with E-state index in [1.165, 1.54) is 6.92 Å². The van der Waals surface area contributed by atoms with Gasteiger partial charge in [-0.2, -0.15) is 0 Å². The minimum atomic E-state index is -3.51. The van der Waals surface area contributed by atoms with Gasteiger partial charge < -0.3 is 89.1 Å². The van der Waals surface area contributed by atoms with E-state index in [-0.39, 0.29) is 29.8 Å². The van der Waals surface area contributed by atoms with E-state index in [9.17, 15) is 24.0 Å². The molecule has 0 saturated carbocycles. The molecular weight excluding hydrogens is 1330 g/mol. The summed E-state index contributed by atoms with van der Waals surface area (Å²) in [4.78, 5) is 57.3. The van der Waals surface area contributed by atoms with Crippen LogP contribution in [-0.2, 0) is 108 Å². The van der Waals surface area contributed by atoms with Gasteiger partial charge in [-0.3, -0.25) is 24.0 Å². The van der Waals surface area contributed by atoms with E-state index in [0.717, 1.165) is 102 Å². The van der Waals surface area contributed by atoms with Crippen molar-refractivity contribution >= 4 is 91.2 Å². The summed E-state index contributed by atoms with van der Waals surface area (Å²) in [6.07, 6.45) is 15.5. The largest absolute Gasteiger partial charge is 0.500 e. The van der Waals surface area contributed by atoms with Gasteiger partial charge >= 0.3 is 85.3 Å². The zero-order valence-electron chi connectivity index (χ0n) is 61.8. The molecule has 0 bridgehead atoms. The van der Waals surface area contributed by atoms with E-state index in [1.807, 2.05) is 95.4 Å². The van der Waals surface area contributed by atoms with Crippen LogP contribution in [0.15, 0.2) is 0 Å². The van der Waals surface area contributed by atoms with Crippen LogP contribution >= 0.6 is 0 Å². The van der Waals surface area contributed by atoms with Gasteiger partial charge in [0.15, 0.2) is 0 Å². The Labute approximate surface area is 570 Å². The van der Waals surface area contributed by atoms with Crippen LogP contribution in [-0.4, -0.2) is 190 Å². The van der Waals surface area contributed by atoms with Crippen LogP contribution < -0.4 is 5.32 Å². The molecule has 0 aromatic heterocycles. The summed E-state index contributed by atoms with van der Waals surface area (Å²) in [5.41, 5.74) is 0. The smallest absolute Gasteiger partial charge is 0.466 e. The molecule has 0 aromatic carbocycles. The van der Waals surface area contributed by atoms with Crippen molar-refractivity contribution in [1.29, 1.82) is 0 Å². The summed E-state index contributed by atoms with van der Waals surface area (Å²) < 4.78 is 113. The van der Waals surface area contributed by atoms with Gasteiger partial charge in [0, 0.05) is 144 Å².